The summed E-state index contributed by atoms with van der Waals surface area (Å²) in [6.07, 6.45) is 3.21. The second-order valence-electron chi connectivity index (χ2n) is 6.95. The Labute approximate surface area is 149 Å². The first-order valence-electron chi connectivity index (χ1n) is 9.21. The molecule has 2 heterocycles. The quantitative estimate of drug-likeness (QED) is 0.861. The summed E-state index contributed by atoms with van der Waals surface area (Å²) in [7, 11) is 0. The Bertz CT molecular complexity index is 634. The maximum atomic E-state index is 12.4. The van der Waals surface area contributed by atoms with Gasteiger partial charge in [-0.1, -0.05) is 24.3 Å². The minimum Gasteiger partial charge on any atom is -0.498 e. The fourth-order valence-electron chi connectivity index (χ4n) is 3.50. The largest absolute Gasteiger partial charge is 0.498 e. The second kappa shape index (κ2) is 8.50. The van der Waals surface area contributed by atoms with Crippen LogP contribution in [0.15, 0.2) is 35.6 Å². The highest BCUT2D eigenvalue weighted by Gasteiger charge is 2.19. The molecule has 2 N–H and O–H groups in total. The van der Waals surface area contributed by atoms with Gasteiger partial charge < -0.3 is 15.2 Å². The molecule has 0 atom stereocenters. The summed E-state index contributed by atoms with van der Waals surface area (Å²) in [5.74, 6) is 0.733. The smallest absolute Gasteiger partial charge is 0.250 e. The molecule has 0 aliphatic carbocycles. The van der Waals surface area contributed by atoms with Crippen LogP contribution in [-0.4, -0.2) is 41.7 Å². The van der Waals surface area contributed by atoms with Crippen LogP contribution in [0.1, 0.15) is 43.7 Å². The Hall–Kier alpha value is -1.85. The lowest BCUT2D eigenvalue weighted by Crippen LogP contribution is -2.35. The number of allylic oxidation sites excluding steroid dienone is 1. The number of nitrogens with one attached hydrogen (secondary N) is 1. The summed E-state index contributed by atoms with van der Waals surface area (Å²) < 4.78 is 5.49. The molecule has 1 aromatic carbocycles. The van der Waals surface area contributed by atoms with E-state index in [1.54, 1.807) is 0 Å². The van der Waals surface area contributed by atoms with E-state index in [0.29, 0.717) is 13.2 Å². The van der Waals surface area contributed by atoms with Gasteiger partial charge in [0.05, 0.1) is 18.3 Å². The molecule has 0 saturated carbocycles. The van der Waals surface area contributed by atoms with Crippen molar-refractivity contribution in [3.63, 3.8) is 0 Å². The minimum absolute atomic E-state index is 0.0203. The Kier molecular flexibility index (Phi) is 6.10. The van der Waals surface area contributed by atoms with Gasteiger partial charge in [0.15, 0.2) is 0 Å². The van der Waals surface area contributed by atoms with Crippen molar-refractivity contribution in [2.45, 2.75) is 51.8 Å². The van der Waals surface area contributed by atoms with E-state index in [-0.39, 0.29) is 12.0 Å². The number of ether oxygens (including phenoxy) is 1. The van der Waals surface area contributed by atoms with Crippen molar-refractivity contribution in [3.05, 3.63) is 46.7 Å². The number of likely N-dealkylation sites (tertiary alicyclic amines) is 1. The predicted octanol–water partition coefficient (Wildman–Crippen LogP) is 2.34. The molecule has 5 nitrogen and oxygen atoms in total. The van der Waals surface area contributed by atoms with Crippen LogP contribution in [0.4, 0.5) is 0 Å². The molecule has 5 heteroatoms. The molecule has 1 saturated heterocycles. The molecule has 0 radical (unpaired) electrons. The van der Waals surface area contributed by atoms with Gasteiger partial charge in [-0.05, 0) is 43.7 Å². The van der Waals surface area contributed by atoms with Gasteiger partial charge in [0.25, 0.3) is 5.91 Å². The number of nitrogens with zero attached hydrogens (tertiary/aromatic N) is 1. The van der Waals surface area contributed by atoms with E-state index >= 15 is 0 Å². The van der Waals surface area contributed by atoms with Crippen molar-refractivity contribution in [3.8, 4) is 0 Å². The van der Waals surface area contributed by atoms with Crippen LogP contribution in [0.2, 0.25) is 0 Å². The zero-order valence-electron chi connectivity index (χ0n) is 15.0. The average molecular weight is 344 g/mol. The number of benzene rings is 1. The number of rotatable bonds is 5. The first-order valence-corrected chi connectivity index (χ1v) is 9.21. The topological polar surface area (TPSA) is 61.8 Å². The van der Waals surface area contributed by atoms with E-state index < -0.39 is 0 Å². The third-order valence-electron chi connectivity index (χ3n) is 5.10. The molecule has 1 amide bonds. The lowest BCUT2D eigenvalue weighted by Gasteiger charge is -2.30. The normalized spacial score (nSPS) is 19.6. The van der Waals surface area contributed by atoms with Crippen LogP contribution in [0.25, 0.3) is 0 Å². The number of aliphatic hydroxyl groups is 1. The molecule has 0 spiro atoms. The molecule has 0 bridgehead atoms. The molecular formula is C20H28N2O3. The molecular weight excluding hydrogens is 316 g/mol. The molecule has 1 fully saturated rings. The second-order valence-corrected chi connectivity index (χ2v) is 6.95. The van der Waals surface area contributed by atoms with Crippen molar-refractivity contribution in [1.82, 2.24) is 10.2 Å². The van der Waals surface area contributed by atoms with Crippen LogP contribution >= 0.6 is 0 Å². The molecule has 2 aliphatic rings. The summed E-state index contributed by atoms with van der Waals surface area (Å²) in [6.45, 7) is 5.81. The van der Waals surface area contributed by atoms with E-state index in [4.69, 9.17) is 4.74 Å². The lowest BCUT2D eigenvalue weighted by molar-refractivity contribution is -0.118. The predicted molar refractivity (Wildman–Crippen MR) is 96.7 cm³/mol. The number of hydrogen-bond donors (Lipinski definition) is 2. The van der Waals surface area contributed by atoms with Crippen molar-refractivity contribution < 1.29 is 14.6 Å². The number of amides is 1. The zero-order chi connectivity index (χ0) is 17.6. The third kappa shape index (κ3) is 4.83. The van der Waals surface area contributed by atoms with E-state index in [1.807, 2.05) is 19.1 Å². The maximum Gasteiger partial charge on any atom is 0.250 e. The summed E-state index contributed by atoms with van der Waals surface area (Å²) in [5, 5.41) is 12.7. The SMILES string of the molecule is CC1=C(C(=O)NCc2ccccc2CN2CCC(O)CC2)CCCO1. The molecule has 2 aliphatic heterocycles. The number of aliphatic hydroxyl groups excluding tert-OH is 1. The van der Waals surface area contributed by atoms with Crippen LogP contribution < -0.4 is 5.32 Å². The van der Waals surface area contributed by atoms with Gasteiger partial charge in [0.2, 0.25) is 0 Å². The summed E-state index contributed by atoms with van der Waals surface area (Å²) in [6, 6.07) is 8.26. The van der Waals surface area contributed by atoms with Gasteiger partial charge >= 0.3 is 0 Å². The van der Waals surface area contributed by atoms with E-state index in [2.05, 4.69) is 22.3 Å². The third-order valence-corrected chi connectivity index (χ3v) is 5.10. The Balaban J connectivity index is 1.60. The van der Waals surface area contributed by atoms with Crippen molar-refractivity contribution >= 4 is 5.91 Å². The lowest BCUT2D eigenvalue weighted by atomic mass is 10.0. The van der Waals surface area contributed by atoms with Crippen LogP contribution in [-0.2, 0) is 22.6 Å². The first-order chi connectivity index (χ1) is 12.1. The summed E-state index contributed by atoms with van der Waals surface area (Å²) in [4.78, 5) is 14.8. The van der Waals surface area contributed by atoms with E-state index in [0.717, 1.165) is 62.2 Å². The molecule has 0 unspecified atom stereocenters. The first kappa shape index (κ1) is 18.0. The molecule has 1 aromatic rings. The van der Waals surface area contributed by atoms with Gasteiger partial charge in [0.1, 0.15) is 5.76 Å². The summed E-state index contributed by atoms with van der Waals surface area (Å²) >= 11 is 0. The average Bonchev–Trinajstić information content (AvgIpc) is 2.63. The van der Waals surface area contributed by atoms with Crippen molar-refractivity contribution in [2.75, 3.05) is 19.7 Å². The van der Waals surface area contributed by atoms with Gasteiger partial charge in [-0.15, -0.1) is 0 Å². The number of hydrogen-bond acceptors (Lipinski definition) is 4. The molecule has 136 valence electrons. The highest BCUT2D eigenvalue weighted by molar-refractivity contribution is 5.93. The molecule has 0 aromatic heterocycles. The number of piperidine rings is 1. The molecule has 25 heavy (non-hydrogen) atoms. The van der Waals surface area contributed by atoms with Crippen LogP contribution in [0, 0.1) is 0 Å². The van der Waals surface area contributed by atoms with Crippen molar-refractivity contribution in [1.29, 1.82) is 0 Å². The van der Waals surface area contributed by atoms with E-state index in [1.165, 1.54) is 5.56 Å². The minimum atomic E-state index is -0.153. The van der Waals surface area contributed by atoms with Crippen molar-refractivity contribution in [2.24, 2.45) is 0 Å². The fourth-order valence-corrected chi connectivity index (χ4v) is 3.50. The maximum absolute atomic E-state index is 12.4. The highest BCUT2D eigenvalue weighted by atomic mass is 16.5. The standard InChI is InChI=1S/C20H28N2O3/c1-15-19(7-4-12-25-15)20(24)21-13-16-5-2-3-6-17(16)14-22-10-8-18(23)9-11-22/h2-3,5-6,18,23H,4,7-14H2,1H3,(H,21,24). The van der Waals surface area contributed by atoms with Crippen LogP contribution in [0.3, 0.4) is 0 Å². The molecule has 3 rings (SSSR count). The zero-order valence-corrected chi connectivity index (χ0v) is 15.0. The Morgan fingerprint density at radius 3 is 2.72 bits per heavy atom. The summed E-state index contributed by atoms with van der Waals surface area (Å²) in [5.41, 5.74) is 3.16. The van der Waals surface area contributed by atoms with Gasteiger partial charge in [-0.25, -0.2) is 0 Å². The van der Waals surface area contributed by atoms with Crippen LogP contribution in [0.5, 0.6) is 0 Å². The van der Waals surface area contributed by atoms with Gasteiger partial charge in [-0.2, -0.15) is 0 Å². The van der Waals surface area contributed by atoms with Gasteiger partial charge in [0, 0.05) is 26.2 Å². The Morgan fingerprint density at radius 2 is 2.00 bits per heavy atom. The number of carbonyl (C=O) groups is 1. The highest BCUT2D eigenvalue weighted by Crippen LogP contribution is 2.20. The fraction of sp³-hybridized carbons (Fsp3) is 0.550. The Morgan fingerprint density at radius 1 is 1.28 bits per heavy atom. The monoisotopic (exact) mass is 344 g/mol. The van der Waals surface area contributed by atoms with E-state index in [9.17, 15) is 9.90 Å². The van der Waals surface area contributed by atoms with Gasteiger partial charge in [-0.3, -0.25) is 9.69 Å². The number of carbonyl (C=O) groups excluding carboxylic acids is 1.